The van der Waals surface area contributed by atoms with E-state index in [4.69, 9.17) is 11.6 Å². The molecular weight excluding hydrogens is 357 g/mol. The summed E-state index contributed by atoms with van der Waals surface area (Å²) in [5.41, 5.74) is 7.80. The summed E-state index contributed by atoms with van der Waals surface area (Å²) in [5, 5.41) is 1.25. The van der Waals surface area contributed by atoms with Crippen LogP contribution in [-0.4, -0.2) is 16.8 Å². The largest absolute Gasteiger partial charge is 0.358 e. The standard InChI is InChI=1S/C19H17ClFN3O2/c1-11-15(16-9-14(21)6-7-17(16)22-11)10-19(26)24-23-18(25)8-12-2-4-13(20)5-3-12/h2-7,9,22H,8,10H2,1H3,(H,23,25)(H,24,26). The summed E-state index contributed by atoms with van der Waals surface area (Å²) in [6, 6.07) is 11.3. The number of fused-ring (bicyclic) bond motifs is 1. The first-order valence-electron chi connectivity index (χ1n) is 8.01. The molecule has 0 bridgehead atoms. The van der Waals surface area contributed by atoms with Crippen LogP contribution in [0.25, 0.3) is 10.9 Å². The van der Waals surface area contributed by atoms with Crippen molar-refractivity contribution < 1.29 is 14.0 Å². The quantitative estimate of drug-likeness (QED) is 0.614. The zero-order valence-electron chi connectivity index (χ0n) is 14.0. The van der Waals surface area contributed by atoms with E-state index in [0.29, 0.717) is 16.0 Å². The third-order valence-electron chi connectivity index (χ3n) is 4.04. The second-order valence-electron chi connectivity index (χ2n) is 5.99. The number of hydrogen-bond donors (Lipinski definition) is 3. The number of halogens is 2. The summed E-state index contributed by atoms with van der Waals surface area (Å²) < 4.78 is 13.5. The lowest BCUT2D eigenvalue weighted by Crippen LogP contribution is -2.43. The number of benzene rings is 2. The molecule has 2 amide bonds. The predicted molar refractivity (Wildman–Crippen MR) is 98.1 cm³/mol. The number of hydrazine groups is 1. The topological polar surface area (TPSA) is 74.0 Å². The van der Waals surface area contributed by atoms with E-state index in [9.17, 15) is 14.0 Å². The monoisotopic (exact) mass is 373 g/mol. The van der Waals surface area contributed by atoms with Crippen LogP contribution >= 0.6 is 11.6 Å². The van der Waals surface area contributed by atoms with Gasteiger partial charge in [0.2, 0.25) is 11.8 Å². The Morgan fingerprint density at radius 2 is 1.69 bits per heavy atom. The van der Waals surface area contributed by atoms with Gasteiger partial charge in [-0.05, 0) is 48.4 Å². The average Bonchev–Trinajstić information content (AvgIpc) is 2.90. The fourth-order valence-corrected chi connectivity index (χ4v) is 2.88. The van der Waals surface area contributed by atoms with Crippen LogP contribution in [0.2, 0.25) is 5.02 Å². The van der Waals surface area contributed by atoms with Gasteiger partial charge in [0.15, 0.2) is 0 Å². The first-order chi connectivity index (χ1) is 12.4. The number of carbonyl (C=O) groups excluding carboxylic acids is 2. The number of nitrogens with one attached hydrogen (secondary N) is 3. The molecule has 0 fully saturated rings. The highest BCUT2D eigenvalue weighted by Gasteiger charge is 2.14. The summed E-state index contributed by atoms with van der Waals surface area (Å²) in [4.78, 5) is 27.2. The third kappa shape index (κ3) is 4.21. The van der Waals surface area contributed by atoms with Crippen molar-refractivity contribution in [3.05, 3.63) is 70.1 Å². The molecule has 1 heterocycles. The molecule has 7 heteroatoms. The summed E-state index contributed by atoms with van der Waals surface area (Å²) in [5.74, 6) is -1.10. The molecule has 0 saturated carbocycles. The zero-order chi connectivity index (χ0) is 18.7. The zero-order valence-corrected chi connectivity index (χ0v) is 14.8. The summed E-state index contributed by atoms with van der Waals surface area (Å²) in [6.07, 6.45) is 0.144. The first kappa shape index (κ1) is 17.9. The van der Waals surface area contributed by atoms with Crippen LogP contribution in [0, 0.1) is 12.7 Å². The number of carbonyl (C=O) groups is 2. The molecule has 134 valence electrons. The predicted octanol–water partition coefficient (Wildman–Crippen LogP) is 3.20. The Hall–Kier alpha value is -2.86. The fraction of sp³-hybridized carbons (Fsp3) is 0.158. The van der Waals surface area contributed by atoms with Crippen molar-refractivity contribution >= 4 is 34.3 Å². The van der Waals surface area contributed by atoms with Crippen LogP contribution in [0.4, 0.5) is 4.39 Å². The van der Waals surface area contributed by atoms with Crippen LogP contribution in [0.15, 0.2) is 42.5 Å². The molecule has 0 spiro atoms. The summed E-state index contributed by atoms with van der Waals surface area (Å²) in [6.45, 7) is 1.82. The molecule has 1 aromatic heterocycles. The number of H-pyrrole nitrogens is 1. The van der Waals surface area contributed by atoms with Gasteiger partial charge in [0.25, 0.3) is 0 Å². The molecule has 0 atom stereocenters. The number of hydrogen-bond acceptors (Lipinski definition) is 2. The van der Waals surface area contributed by atoms with Gasteiger partial charge in [-0.15, -0.1) is 0 Å². The summed E-state index contributed by atoms with van der Waals surface area (Å²) >= 11 is 5.80. The van der Waals surface area contributed by atoms with Crippen LogP contribution in [0.3, 0.4) is 0 Å². The maximum absolute atomic E-state index is 13.5. The number of rotatable bonds is 4. The van der Waals surface area contributed by atoms with Crippen LogP contribution < -0.4 is 10.9 Å². The highest BCUT2D eigenvalue weighted by molar-refractivity contribution is 6.30. The second-order valence-corrected chi connectivity index (χ2v) is 6.43. The van der Waals surface area contributed by atoms with Crippen LogP contribution in [0.5, 0.6) is 0 Å². The molecule has 3 N–H and O–H groups in total. The van der Waals surface area contributed by atoms with Crippen molar-refractivity contribution in [2.45, 2.75) is 19.8 Å². The minimum Gasteiger partial charge on any atom is -0.358 e. The molecule has 5 nitrogen and oxygen atoms in total. The minimum atomic E-state index is -0.386. The van der Waals surface area contributed by atoms with Crippen molar-refractivity contribution in [1.82, 2.24) is 15.8 Å². The van der Waals surface area contributed by atoms with Gasteiger partial charge in [-0.3, -0.25) is 20.4 Å². The lowest BCUT2D eigenvalue weighted by molar-refractivity contribution is -0.128. The van der Waals surface area contributed by atoms with E-state index in [1.54, 1.807) is 30.3 Å². The second kappa shape index (κ2) is 7.58. The molecule has 0 aliphatic heterocycles. The minimum absolute atomic E-state index is 0.0243. The van der Waals surface area contributed by atoms with Crippen molar-refractivity contribution in [2.75, 3.05) is 0 Å². The van der Waals surface area contributed by atoms with Crippen molar-refractivity contribution in [1.29, 1.82) is 0 Å². The average molecular weight is 374 g/mol. The Morgan fingerprint density at radius 1 is 1.04 bits per heavy atom. The first-order valence-corrected chi connectivity index (χ1v) is 8.39. The summed E-state index contributed by atoms with van der Waals surface area (Å²) in [7, 11) is 0. The fourth-order valence-electron chi connectivity index (χ4n) is 2.76. The smallest absolute Gasteiger partial charge is 0.242 e. The Kier molecular flexibility index (Phi) is 5.23. The van der Waals surface area contributed by atoms with E-state index >= 15 is 0 Å². The molecule has 0 unspecified atom stereocenters. The highest BCUT2D eigenvalue weighted by Crippen LogP contribution is 2.23. The molecule has 0 aliphatic carbocycles. The van der Waals surface area contributed by atoms with Gasteiger partial charge in [-0.1, -0.05) is 23.7 Å². The van der Waals surface area contributed by atoms with Gasteiger partial charge in [0.05, 0.1) is 12.8 Å². The van der Waals surface area contributed by atoms with Crippen molar-refractivity contribution in [3.63, 3.8) is 0 Å². The SMILES string of the molecule is Cc1[nH]c2ccc(F)cc2c1CC(=O)NNC(=O)Cc1ccc(Cl)cc1. The molecule has 3 aromatic rings. The Labute approximate surface area is 154 Å². The van der Waals surface area contributed by atoms with Crippen LogP contribution in [-0.2, 0) is 22.4 Å². The Bertz CT molecular complexity index is 967. The maximum Gasteiger partial charge on any atom is 0.242 e. The Morgan fingerprint density at radius 3 is 2.38 bits per heavy atom. The molecular formula is C19H17ClFN3O2. The van der Waals surface area contributed by atoms with Gasteiger partial charge in [-0.25, -0.2) is 4.39 Å². The molecule has 0 saturated heterocycles. The number of amides is 2. The lowest BCUT2D eigenvalue weighted by atomic mass is 10.1. The van der Waals surface area contributed by atoms with Gasteiger partial charge in [0.1, 0.15) is 5.82 Å². The van der Waals surface area contributed by atoms with E-state index < -0.39 is 0 Å². The number of aromatic nitrogens is 1. The van der Waals surface area contributed by atoms with E-state index in [0.717, 1.165) is 16.8 Å². The molecule has 0 radical (unpaired) electrons. The molecule has 0 aliphatic rings. The number of aryl methyl sites for hydroxylation is 1. The van der Waals surface area contributed by atoms with E-state index in [1.807, 2.05) is 6.92 Å². The lowest BCUT2D eigenvalue weighted by Gasteiger charge is -2.08. The van der Waals surface area contributed by atoms with Gasteiger partial charge < -0.3 is 4.98 Å². The van der Waals surface area contributed by atoms with Gasteiger partial charge >= 0.3 is 0 Å². The van der Waals surface area contributed by atoms with Crippen molar-refractivity contribution in [3.8, 4) is 0 Å². The van der Waals surface area contributed by atoms with E-state index in [2.05, 4.69) is 15.8 Å². The Balaban J connectivity index is 1.59. The maximum atomic E-state index is 13.5. The molecule has 3 rings (SSSR count). The van der Waals surface area contributed by atoms with E-state index in [-0.39, 0.29) is 30.5 Å². The highest BCUT2D eigenvalue weighted by atomic mass is 35.5. The van der Waals surface area contributed by atoms with Crippen LogP contribution in [0.1, 0.15) is 16.8 Å². The normalized spacial score (nSPS) is 10.7. The van der Waals surface area contributed by atoms with Gasteiger partial charge in [0, 0.05) is 21.6 Å². The van der Waals surface area contributed by atoms with Gasteiger partial charge in [-0.2, -0.15) is 0 Å². The van der Waals surface area contributed by atoms with Crippen molar-refractivity contribution in [2.24, 2.45) is 0 Å². The van der Waals surface area contributed by atoms with E-state index in [1.165, 1.54) is 12.1 Å². The molecule has 26 heavy (non-hydrogen) atoms. The third-order valence-corrected chi connectivity index (χ3v) is 4.29. The number of aromatic amines is 1. The molecule has 2 aromatic carbocycles.